The van der Waals surface area contributed by atoms with Gasteiger partial charge in [-0.3, -0.25) is 14.9 Å². The molecule has 10 heteroatoms. The fraction of sp³-hybridized carbons (Fsp3) is 0.444. The molecular formula is C9H13N7O3. The minimum Gasteiger partial charge on any atom is -0.352 e. The van der Waals surface area contributed by atoms with Crippen LogP contribution in [0.3, 0.4) is 0 Å². The van der Waals surface area contributed by atoms with Crippen LogP contribution >= 0.6 is 0 Å². The minimum absolute atomic E-state index is 0.0263. The molecule has 2 rings (SSSR count). The van der Waals surface area contributed by atoms with Crippen molar-refractivity contribution in [3.63, 3.8) is 0 Å². The molecule has 1 aromatic rings. The molecule has 1 aliphatic rings. The molecule has 1 atom stereocenters. The van der Waals surface area contributed by atoms with Gasteiger partial charge < -0.3 is 15.6 Å². The van der Waals surface area contributed by atoms with E-state index in [4.69, 9.17) is 5.84 Å². The monoisotopic (exact) mass is 267 g/mol. The van der Waals surface area contributed by atoms with E-state index < -0.39 is 11.0 Å². The lowest BCUT2D eigenvalue weighted by Gasteiger charge is -2.13. The molecule has 0 aromatic carbocycles. The molecule has 0 aliphatic carbocycles. The molecule has 1 aliphatic heterocycles. The van der Waals surface area contributed by atoms with Crippen LogP contribution < -0.4 is 16.6 Å². The number of anilines is 2. The first-order valence-corrected chi connectivity index (χ1v) is 5.52. The number of likely N-dealkylation sites (N-methyl/N-ethyl adjacent to an activating group) is 1. The summed E-state index contributed by atoms with van der Waals surface area (Å²) < 4.78 is 0. The SMILES string of the molecule is CN1CCC(Nc2ncnc(NN)c2[N+](=O)[O-])C1=O. The standard InChI is InChI=1S/C9H13N7O3/c1-15-3-2-5(9(15)17)13-7-6(16(18)19)8(14-10)12-4-11-7/h4-5H,2-3,10H2,1H3,(H2,11,12,13,14). The zero-order valence-electron chi connectivity index (χ0n) is 10.2. The second-order valence-corrected chi connectivity index (χ2v) is 4.07. The van der Waals surface area contributed by atoms with E-state index in [2.05, 4.69) is 20.7 Å². The molecular weight excluding hydrogens is 254 g/mol. The molecule has 1 unspecified atom stereocenters. The van der Waals surface area contributed by atoms with E-state index in [1.54, 1.807) is 11.9 Å². The summed E-state index contributed by atoms with van der Waals surface area (Å²) in [5.74, 6) is 4.90. The maximum atomic E-state index is 11.8. The van der Waals surface area contributed by atoms with Crippen LogP contribution in [0, 0.1) is 10.1 Å². The normalized spacial score (nSPS) is 18.5. The predicted molar refractivity (Wildman–Crippen MR) is 66.2 cm³/mol. The van der Waals surface area contributed by atoms with Crippen molar-refractivity contribution in [2.24, 2.45) is 5.84 Å². The first-order valence-electron chi connectivity index (χ1n) is 5.52. The molecule has 4 N–H and O–H groups in total. The van der Waals surface area contributed by atoms with Gasteiger partial charge in [-0.25, -0.2) is 15.8 Å². The van der Waals surface area contributed by atoms with Crippen LogP contribution in [-0.4, -0.2) is 45.3 Å². The number of aromatic nitrogens is 2. The van der Waals surface area contributed by atoms with E-state index in [-0.39, 0.29) is 23.2 Å². The number of nitro groups is 1. The van der Waals surface area contributed by atoms with Crippen molar-refractivity contribution < 1.29 is 9.72 Å². The maximum absolute atomic E-state index is 11.8. The van der Waals surface area contributed by atoms with Gasteiger partial charge in [0.1, 0.15) is 12.4 Å². The Morgan fingerprint density at radius 3 is 2.74 bits per heavy atom. The minimum atomic E-state index is -0.652. The third-order valence-electron chi connectivity index (χ3n) is 2.88. The van der Waals surface area contributed by atoms with Crippen LogP contribution in [0.15, 0.2) is 6.33 Å². The van der Waals surface area contributed by atoms with Gasteiger partial charge in [-0.2, -0.15) is 0 Å². The average molecular weight is 267 g/mol. The molecule has 1 saturated heterocycles. The highest BCUT2D eigenvalue weighted by Gasteiger charge is 2.32. The summed E-state index contributed by atoms with van der Waals surface area (Å²) in [4.78, 5) is 31.1. The zero-order chi connectivity index (χ0) is 14.0. The Balaban J connectivity index is 2.30. The van der Waals surface area contributed by atoms with E-state index in [0.717, 1.165) is 6.33 Å². The lowest BCUT2D eigenvalue weighted by molar-refractivity contribution is -0.383. The molecule has 0 radical (unpaired) electrons. The van der Waals surface area contributed by atoms with Crippen LogP contribution in [0.5, 0.6) is 0 Å². The molecule has 1 fully saturated rings. The molecule has 2 heterocycles. The van der Waals surface area contributed by atoms with E-state index in [1.165, 1.54) is 0 Å². The van der Waals surface area contributed by atoms with Crippen LogP contribution in [0.4, 0.5) is 17.3 Å². The summed E-state index contributed by atoms with van der Waals surface area (Å²) in [6, 6.07) is -0.524. The molecule has 102 valence electrons. The van der Waals surface area contributed by atoms with Gasteiger partial charge in [0, 0.05) is 13.6 Å². The van der Waals surface area contributed by atoms with Crippen LogP contribution in [0.1, 0.15) is 6.42 Å². The predicted octanol–water partition coefficient (Wildman–Crippen LogP) is -0.687. The molecule has 1 aromatic heterocycles. The highest BCUT2D eigenvalue weighted by molar-refractivity contribution is 5.87. The van der Waals surface area contributed by atoms with Gasteiger partial charge in [0.15, 0.2) is 0 Å². The topological polar surface area (TPSA) is 139 Å². The van der Waals surface area contributed by atoms with Crippen molar-refractivity contribution in [3.05, 3.63) is 16.4 Å². The Morgan fingerprint density at radius 1 is 1.53 bits per heavy atom. The van der Waals surface area contributed by atoms with Gasteiger partial charge in [0.2, 0.25) is 17.5 Å². The molecule has 0 spiro atoms. The van der Waals surface area contributed by atoms with E-state index >= 15 is 0 Å². The van der Waals surface area contributed by atoms with Crippen molar-refractivity contribution >= 4 is 23.2 Å². The number of amides is 1. The number of hydrogen-bond acceptors (Lipinski definition) is 8. The third-order valence-corrected chi connectivity index (χ3v) is 2.88. The highest BCUT2D eigenvalue weighted by atomic mass is 16.6. The number of carbonyl (C=O) groups is 1. The molecule has 19 heavy (non-hydrogen) atoms. The van der Waals surface area contributed by atoms with Crippen molar-refractivity contribution in [3.8, 4) is 0 Å². The lowest BCUT2D eigenvalue weighted by atomic mass is 10.2. The maximum Gasteiger partial charge on any atom is 0.354 e. The number of hydrogen-bond donors (Lipinski definition) is 3. The van der Waals surface area contributed by atoms with Crippen molar-refractivity contribution in [2.75, 3.05) is 24.3 Å². The smallest absolute Gasteiger partial charge is 0.352 e. The van der Waals surface area contributed by atoms with E-state index in [1.807, 2.05) is 0 Å². The number of nitrogens with two attached hydrogens (primary N) is 1. The van der Waals surface area contributed by atoms with Gasteiger partial charge in [-0.15, -0.1) is 0 Å². The van der Waals surface area contributed by atoms with Gasteiger partial charge in [-0.05, 0) is 6.42 Å². The van der Waals surface area contributed by atoms with Gasteiger partial charge in [0.05, 0.1) is 4.92 Å². The Bertz CT molecular complexity index is 521. The molecule has 1 amide bonds. The van der Waals surface area contributed by atoms with Gasteiger partial charge >= 0.3 is 5.69 Å². The number of nitrogens with zero attached hydrogens (tertiary/aromatic N) is 4. The Kier molecular flexibility index (Phi) is 3.42. The number of nitrogen functional groups attached to an aromatic ring is 1. The first-order chi connectivity index (χ1) is 9.04. The Labute approximate surface area is 108 Å². The third kappa shape index (κ3) is 2.38. The molecule has 10 nitrogen and oxygen atoms in total. The van der Waals surface area contributed by atoms with E-state index in [0.29, 0.717) is 13.0 Å². The first kappa shape index (κ1) is 13.0. The number of hydrazine groups is 1. The van der Waals surface area contributed by atoms with Crippen LogP contribution in [0.25, 0.3) is 0 Å². The number of nitrogens with one attached hydrogen (secondary N) is 2. The number of likely N-dealkylation sites (tertiary alicyclic amines) is 1. The van der Waals surface area contributed by atoms with Crippen LogP contribution in [-0.2, 0) is 4.79 Å². The average Bonchev–Trinajstić information content (AvgIpc) is 2.70. The largest absolute Gasteiger partial charge is 0.354 e. The fourth-order valence-corrected chi connectivity index (χ4v) is 1.88. The second-order valence-electron chi connectivity index (χ2n) is 4.07. The summed E-state index contributed by atoms with van der Waals surface area (Å²) >= 11 is 0. The fourth-order valence-electron chi connectivity index (χ4n) is 1.88. The summed E-state index contributed by atoms with van der Waals surface area (Å²) in [6.45, 7) is 0.595. The lowest BCUT2D eigenvalue weighted by Crippen LogP contribution is -2.31. The van der Waals surface area contributed by atoms with Crippen molar-refractivity contribution in [2.45, 2.75) is 12.5 Å². The van der Waals surface area contributed by atoms with Gasteiger partial charge in [-0.1, -0.05) is 0 Å². The van der Waals surface area contributed by atoms with Crippen molar-refractivity contribution in [1.82, 2.24) is 14.9 Å². The quantitative estimate of drug-likeness (QED) is 0.370. The number of rotatable bonds is 4. The highest BCUT2D eigenvalue weighted by Crippen LogP contribution is 2.29. The van der Waals surface area contributed by atoms with E-state index in [9.17, 15) is 14.9 Å². The zero-order valence-corrected chi connectivity index (χ0v) is 10.2. The second kappa shape index (κ2) is 5.02. The van der Waals surface area contributed by atoms with Crippen LogP contribution in [0.2, 0.25) is 0 Å². The summed E-state index contributed by atoms with van der Waals surface area (Å²) in [5.41, 5.74) is 1.75. The summed E-state index contributed by atoms with van der Waals surface area (Å²) in [7, 11) is 1.67. The Hall–Kier alpha value is -2.49. The molecule has 0 saturated carbocycles. The summed E-state index contributed by atoms with van der Waals surface area (Å²) in [6.07, 6.45) is 1.69. The number of carbonyl (C=O) groups excluding carboxylic acids is 1. The molecule has 0 bridgehead atoms. The summed E-state index contributed by atoms with van der Waals surface area (Å²) in [5, 5.41) is 13.8. The van der Waals surface area contributed by atoms with Gasteiger partial charge in [0.25, 0.3) is 0 Å². The van der Waals surface area contributed by atoms with Crippen molar-refractivity contribution in [1.29, 1.82) is 0 Å². The Morgan fingerprint density at radius 2 is 2.21 bits per heavy atom.